The minimum absolute atomic E-state index is 0.101. The van der Waals surface area contributed by atoms with Crippen molar-refractivity contribution < 1.29 is 4.79 Å². The molecule has 0 N–H and O–H groups in total. The molecule has 1 aromatic rings. The summed E-state index contributed by atoms with van der Waals surface area (Å²) in [5.41, 5.74) is 2.54. The fourth-order valence-electron chi connectivity index (χ4n) is 1.74. The van der Waals surface area contributed by atoms with E-state index in [1.807, 2.05) is 24.0 Å². The molecule has 1 aliphatic heterocycles. The van der Waals surface area contributed by atoms with E-state index in [9.17, 15) is 4.79 Å². The Bertz CT molecular complexity index is 357. The minimum atomic E-state index is 0.101. The monoisotopic (exact) mass is 187 g/mol. The van der Waals surface area contributed by atoms with E-state index < -0.39 is 0 Å². The molecule has 0 spiro atoms. The van der Waals surface area contributed by atoms with Crippen molar-refractivity contribution >= 4 is 5.91 Å². The number of carbonyl (C=O) groups excluding carboxylic acids is 1. The van der Waals surface area contributed by atoms with Crippen molar-refractivity contribution in [3.05, 3.63) is 47.5 Å². The molecule has 1 heterocycles. The summed E-state index contributed by atoms with van der Waals surface area (Å²) in [5.74, 6) is 0.101. The molecule has 0 atom stereocenters. The average molecular weight is 187 g/mol. The van der Waals surface area contributed by atoms with E-state index in [1.165, 1.54) is 11.1 Å². The van der Waals surface area contributed by atoms with Gasteiger partial charge in [0.05, 0.1) is 0 Å². The SMILES string of the molecule is C/C=C/C(=O)N1Cc2ccccc2C1. The van der Waals surface area contributed by atoms with Crippen molar-refractivity contribution in [2.75, 3.05) is 0 Å². The second-order valence-corrected chi connectivity index (χ2v) is 3.46. The standard InChI is InChI=1S/C12H13NO/c1-2-5-12(14)13-8-10-6-3-4-7-11(10)9-13/h2-7H,8-9H2,1H3/b5-2+. The van der Waals surface area contributed by atoms with Gasteiger partial charge in [-0.05, 0) is 24.1 Å². The summed E-state index contributed by atoms with van der Waals surface area (Å²) in [6.07, 6.45) is 3.40. The van der Waals surface area contributed by atoms with Gasteiger partial charge in [0.2, 0.25) is 5.91 Å². The van der Waals surface area contributed by atoms with Gasteiger partial charge in [0, 0.05) is 13.1 Å². The van der Waals surface area contributed by atoms with Crippen LogP contribution in [0.15, 0.2) is 36.4 Å². The van der Waals surface area contributed by atoms with Gasteiger partial charge in [-0.15, -0.1) is 0 Å². The van der Waals surface area contributed by atoms with Crippen LogP contribution >= 0.6 is 0 Å². The summed E-state index contributed by atoms with van der Waals surface area (Å²) in [7, 11) is 0. The molecule has 14 heavy (non-hydrogen) atoms. The first kappa shape index (κ1) is 9.00. The molecule has 0 fully saturated rings. The van der Waals surface area contributed by atoms with Gasteiger partial charge in [-0.3, -0.25) is 4.79 Å². The molecule has 2 heteroatoms. The first-order valence-electron chi connectivity index (χ1n) is 4.79. The summed E-state index contributed by atoms with van der Waals surface area (Å²) in [5, 5.41) is 0. The third kappa shape index (κ3) is 1.55. The lowest BCUT2D eigenvalue weighted by molar-refractivity contribution is -0.126. The molecular weight excluding hydrogens is 174 g/mol. The van der Waals surface area contributed by atoms with E-state index in [0.29, 0.717) is 0 Å². The highest BCUT2D eigenvalue weighted by atomic mass is 16.2. The number of hydrogen-bond donors (Lipinski definition) is 0. The topological polar surface area (TPSA) is 20.3 Å². The highest BCUT2D eigenvalue weighted by Crippen LogP contribution is 2.22. The number of allylic oxidation sites excluding steroid dienone is 1. The number of fused-ring (bicyclic) bond motifs is 1. The average Bonchev–Trinajstić information content (AvgIpc) is 2.61. The van der Waals surface area contributed by atoms with Gasteiger partial charge in [-0.1, -0.05) is 30.3 Å². The molecule has 0 bridgehead atoms. The van der Waals surface area contributed by atoms with Crippen LogP contribution in [0, 0.1) is 0 Å². The zero-order valence-corrected chi connectivity index (χ0v) is 8.23. The second-order valence-electron chi connectivity index (χ2n) is 3.46. The van der Waals surface area contributed by atoms with Crippen molar-refractivity contribution in [1.29, 1.82) is 0 Å². The van der Waals surface area contributed by atoms with Crippen LogP contribution < -0.4 is 0 Å². The lowest BCUT2D eigenvalue weighted by Gasteiger charge is -2.11. The van der Waals surface area contributed by atoms with E-state index in [4.69, 9.17) is 0 Å². The maximum absolute atomic E-state index is 11.6. The smallest absolute Gasteiger partial charge is 0.246 e. The van der Waals surface area contributed by atoms with Gasteiger partial charge in [-0.25, -0.2) is 0 Å². The molecule has 1 aromatic carbocycles. The summed E-state index contributed by atoms with van der Waals surface area (Å²) in [6.45, 7) is 3.36. The number of nitrogens with zero attached hydrogens (tertiary/aromatic N) is 1. The Balaban J connectivity index is 2.15. The van der Waals surface area contributed by atoms with Gasteiger partial charge >= 0.3 is 0 Å². The van der Waals surface area contributed by atoms with E-state index >= 15 is 0 Å². The molecule has 72 valence electrons. The van der Waals surface area contributed by atoms with Gasteiger partial charge in [0.1, 0.15) is 0 Å². The predicted molar refractivity (Wildman–Crippen MR) is 55.5 cm³/mol. The molecule has 0 saturated heterocycles. The molecule has 2 rings (SSSR count). The lowest BCUT2D eigenvalue weighted by atomic mass is 10.1. The van der Waals surface area contributed by atoms with Crippen LogP contribution in [0.2, 0.25) is 0 Å². The van der Waals surface area contributed by atoms with Crippen molar-refractivity contribution in [3.8, 4) is 0 Å². The van der Waals surface area contributed by atoms with Crippen LogP contribution in [-0.4, -0.2) is 10.8 Å². The summed E-state index contributed by atoms with van der Waals surface area (Å²) >= 11 is 0. The number of rotatable bonds is 1. The molecular formula is C12H13NO. The number of benzene rings is 1. The molecule has 2 nitrogen and oxygen atoms in total. The van der Waals surface area contributed by atoms with Gasteiger partial charge in [0.25, 0.3) is 0 Å². The Kier molecular flexibility index (Phi) is 2.35. The Morgan fingerprint density at radius 1 is 1.29 bits per heavy atom. The van der Waals surface area contributed by atoms with Crippen molar-refractivity contribution in [2.24, 2.45) is 0 Å². The minimum Gasteiger partial charge on any atom is -0.330 e. The highest BCUT2D eigenvalue weighted by molar-refractivity contribution is 5.87. The summed E-state index contributed by atoms with van der Waals surface area (Å²) in [6, 6.07) is 8.20. The van der Waals surface area contributed by atoms with Crippen LogP contribution in [0.1, 0.15) is 18.1 Å². The second kappa shape index (κ2) is 3.66. The van der Waals surface area contributed by atoms with Gasteiger partial charge in [0.15, 0.2) is 0 Å². The molecule has 0 aliphatic carbocycles. The Morgan fingerprint density at radius 3 is 2.36 bits per heavy atom. The fraction of sp³-hybridized carbons (Fsp3) is 0.250. The van der Waals surface area contributed by atoms with Crippen molar-refractivity contribution in [2.45, 2.75) is 20.0 Å². The Hall–Kier alpha value is -1.57. The maximum atomic E-state index is 11.6. The molecule has 0 unspecified atom stereocenters. The third-order valence-electron chi connectivity index (χ3n) is 2.46. The predicted octanol–water partition coefficient (Wildman–Crippen LogP) is 2.10. The fourth-order valence-corrected chi connectivity index (χ4v) is 1.74. The van der Waals surface area contributed by atoms with Gasteiger partial charge < -0.3 is 4.90 Å². The molecule has 1 amide bonds. The zero-order chi connectivity index (χ0) is 9.97. The molecule has 0 saturated carbocycles. The lowest BCUT2D eigenvalue weighted by Crippen LogP contribution is -2.22. The summed E-state index contributed by atoms with van der Waals surface area (Å²) < 4.78 is 0. The first-order valence-corrected chi connectivity index (χ1v) is 4.79. The number of carbonyl (C=O) groups is 1. The zero-order valence-electron chi connectivity index (χ0n) is 8.23. The third-order valence-corrected chi connectivity index (χ3v) is 2.46. The van der Waals surface area contributed by atoms with Crippen LogP contribution in [0.5, 0.6) is 0 Å². The largest absolute Gasteiger partial charge is 0.330 e. The van der Waals surface area contributed by atoms with E-state index in [-0.39, 0.29) is 5.91 Å². The first-order chi connectivity index (χ1) is 6.81. The molecule has 1 aliphatic rings. The number of hydrogen-bond acceptors (Lipinski definition) is 1. The Morgan fingerprint density at radius 2 is 1.86 bits per heavy atom. The van der Waals surface area contributed by atoms with E-state index in [0.717, 1.165) is 13.1 Å². The van der Waals surface area contributed by atoms with Crippen molar-refractivity contribution in [3.63, 3.8) is 0 Å². The normalized spacial score (nSPS) is 14.8. The van der Waals surface area contributed by atoms with Crippen molar-refractivity contribution in [1.82, 2.24) is 4.90 Å². The van der Waals surface area contributed by atoms with Crippen LogP contribution in [0.4, 0.5) is 0 Å². The quantitative estimate of drug-likeness (QED) is 0.616. The van der Waals surface area contributed by atoms with E-state index in [2.05, 4.69) is 12.1 Å². The van der Waals surface area contributed by atoms with Gasteiger partial charge in [-0.2, -0.15) is 0 Å². The van der Waals surface area contributed by atoms with Crippen LogP contribution in [0.3, 0.4) is 0 Å². The number of amides is 1. The maximum Gasteiger partial charge on any atom is 0.246 e. The Labute approximate surface area is 83.8 Å². The van der Waals surface area contributed by atoms with Crippen LogP contribution in [0.25, 0.3) is 0 Å². The molecule has 0 aromatic heterocycles. The molecule has 0 radical (unpaired) electrons. The summed E-state index contributed by atoms with van der Waals surface area (Å²) in [4.78, 5) is 13.4. The highest BCUT2D eigenvalue weighted by Gasteiger charge is 2.20. The van der Waals surface area contributed by atoms with Crippen LogP contribution in [-0.2, 0) is 17.9 Å². The van der Waals surface area contributed by atoms with E-state index in [1.54, 1.807) is 12.2 Å².